The SMILES string of the molecule is CC1CCN(C(N)=NCC2CCCN(C)C2c2cccc(Cl)c2)CC1. The van der Waals surface area contributed by atoms with Crippen molar-refractivity contribution in [3.8, 4) is 0 Å². The topological polar surface area (TPSA) is 44.9 Å². The second-order valence-corrected chi connectivity index (χ2v) is 8.19. The molecule has 2 unspecified atom stereocenters. The molecular formula is C20H31ClN4. The van der Waals surface area contributed by atoms with Gasteiger partial charge in [-0.25, -0.2) is 0 Å². The maximum absolute atomic E-state index is 6.30. The summed E-state index contributed by atoms with van der Waals surface area (Å²) in [6, 6.07) is 8.63. The van der Waals surface area contributed by atoms with E-state index in [9.17, 15) is 0 Å². The average molecular weight is 363 g/mol. The first kappa shape index (κ1) is 18.5. The summed E-state index contributed by atoms with van der Waals surface area (Å²) in [5, 5.41) is 0.806. The molecule has 0 spiro atoms. The van der Waals surface area contributed by atoms with E-state index < -0.39 is 0 Å². The van der Waals surface area contributed by atoms with Crippen molar-refractivity contribution in [3.63, 3.8) is 0 Å². The number of aliphatic imine (C=N–C) groups is 1. The largest absolute Gasteiger partial charge is 0.370 e. The number of hydrogen-bond acceptors (Lipinski definition) is 2. The molecule has 2 aliphatic rings. The van der Waals surface area contributed by atoms with Gasteiger partial charge in [-0.2, -0.15) is 0 Å². The van der Waals surface area contributed by atoms with Crippen molar-refractivity contribution < 1.29 is 0 Å². The smallest absolute Gasteiger partial charge is 0.191 e. The number of guanidine groups is 1. The summed E-state index contributed by atoms with van der Waals surface area (Å²) in [6.07, 6.45) is 4.84. The molecule has 2 aliphatic heterocycles. The second kappa shape index (κ2) is 8.41. The van der Waals surface area contributed by atoms with Crippen LogP contribution in [0.25, 0.3) is 0 Å². The highest BCUT2D eigenvalue weighted by molar-refractivity contribution is 6.30. The van der Waals surface area contributed by atoms with Gasteiger partial charge in [-0.3, -0.25) is 9.89 Å². The fourth-order valence-corrected chi connectivity index (χ4v) is 4.42. The zero-order valence-electron chi connectivity index (χ0n) is 15.5. The molecular weight excluding hydrogens is 332 g/mol. The van der Waals surface area contributed by atoms with Crippen LogP contribution >= 0.6 is 11.6 Å². The van der Waals surface area contributed by atoms with Crippen LogP contribution < -0.4 is 5.73 Å². The summed E-state index contributed by atoms with van der Waals surface area (Å²) >= 11 is 6.23. The van der Waals surface area contributed by atoms with Crippen LogP contribution in [0.15, 0.2) is 29.3 Å². The Kier molecular flexibility index (Phi) is 6.24. The molecule has 3 rings (SSSR count). The summed E-state index contributed by atoms with van der Waals surface area (Å²) in [5.41, 5.74) is 7.59. The molecule has 2 fully saturated rings. The first-order valence-electron chi connectivity index (χ1n) is 9.55. The van der Waals surface area contributed by atoms with E-state index in [1.165, 1.54) is 31.2 Å². The summed E-state index contributed by atoms with van der Waals surface area (Å²) in [7, 11) is 2.21. The van der Waals surface area contributed by atoms with Crippen LogP contribution in [0.4, 0.5) is 0 Å². The first-order valence-corrected chi connectivity index (χ1v) is 9.93. The molecule has 5 heteroatoms. The van der Waals surface area contributed by atoms with Crippen molar-refractivity contribution in [2.75, 3.05) is 33.2 Å². The Labute approximate surface area is 157 Å². The quantitative estimate of drug-likeness (QED) is 0.657. The van der Waals surface area contributed by atoms with Gasteiger partial charge in [-0.05, 0) is 68.8 Å². The normalized spacial score (nSPS) is 26.8. The molecule has 2 N–H and O–H groups in total. The molecule has 2 heterocycles. The maximum atomic E-state index is 6.30. The minimum Gasteiger partial charge on any atom is -0.370 e. The van der Waals surface area contributed by atoms with E-state index in [1.807, 2.05) is 12.1 Å². The molecule has 25 heavy (non-hydrogen) atoms. The van der Waals surface area contributed by atoms with Crippen molar-refractivity contribution >= 4 is 17.6 Å². The van der Waals surface area contributed by atoms with Gasteiger partial charge < -0.3 is 10.6 Å². The van der Waals surface area contributed by atoms with E-state index in [2.05, 4.69) is 35.9 Å². The van der Waals surface area contributed by atoms with Crippen LogP contribution in [-0.4, -0.2) is 49.0 Å². The summed E-state index contributed by atoms with van der Waals surface area (Å²) in [6.45, 7) is 6.31. The molecule has 1 aromatic carbocycles. The zero-order chi connectivity index (χ0) is 17.8. The van der Waals surface area contributed by atoms with Gasteiger partial charge in [0.2, 0.25) is 0 Å². The van der Waals surface area contributed by atoms with Crippen LogP contribution in [0.3, 0.4) is 0 Å². The van der Waals surface area contributed by atoms with Crippen molar-refractivity contribution in [2.45, 2.75) is 38.6 Å². The Morgan fingerprint density at radius 1 is 1.24 bits per heavy atom. The Bertz CT molecular complexity index is 595. The fourth-order valence-electron chi connectivity index (χ4n) is 4.22. The van der Waals surface area contributed by atoms with E-state index in [1.54, 1.807) is 0 Å². The zero-order valence-corrected chi connectivity index (χ0v) is 16.3. The number of likely N-dealkylation sites (tertiary alicyclic amines) is 2. The van der Waals surface area contributed by atoms with Crippen LogP contribution in [0.5, 0.6) is 0 Å². The molecule has 0 amide bonds. The van der Waals surface area contributed by atoms with Gasteiger partial charge in [-0.15, -0.1) is 0 Å². The first-order chi connectivity index (χ1) is 12.0. The molecule has 1 aromatic rings. The van der Waals surface area contributed by atoms with E-state index in [0.717, 1.165) is 43.1 Å². The number of nitrogens with two attached hydrogens (primary N) is 1. The van der Waals surface area contributed by atoms with Gasteiger partial charge in [0.1, 0.15) is 0 Å². The van der Waals surface area contributed by atoms with Gasteiger partial charge >= 0.3 is 0 Å². The molecule has 0 aliphatic carbocycles. The third-order valence-corrected chi connectivity index (χ3v) is 6.03. The minimum atomic E-state index is 0.366. The number of nitrogens with zero attached hydrogens (tertiary/aromatic N) is 3. The Morgan fingerprint density at radius 3 is 2.72 bits per heavy atom. The molecule has 0 radical (unpaired) electrons. The summed E-state index contributed by atoms with van der Waals surface area (Å²) in [5.74, 6) is 2.02. The molecule has 0 aromatic heterocycles. The Morgan fingerprint density at radius 2 is 2.00 bits per heavy atom. The molecule has 0 bridgehead atoms. The van der Waals surface area contributed by atoms with Crippen molar-refractivity contribution in [1.29, 1.82) is 0 Å². The number of hydrogen-bond donors (Lipinski definition) is 1. The van der Waals surface area contributed by atoms with Gasteiger partial charge in [0.15, 0.2) is 5.96 Å². The number of piperidine rings is 2. The lowest BCUT2D eigenvalue weighted by Gasteiger charge is -2.39. The third kappa shape index (κ3) is 4.68. The lowest BCUT2D eigenvalue weighted by Crippen LogP contribution is -2.43. The van der Waals surface area contributed by atoms with E-state index >= 15 is 0 Å². The van der Waals surface area contributed by atoms with Crippen LogP contribution in [0.2, 0.25) is 5.02 Å². The standard InChI is InChI=1S/C20H31ClN4/c1-15-8-11-25(12-9-15)20(22)23-14-17-6-4-10-24(2)19(17)16-5-3-7-18(21)13-16/h3,5,7,13,15,17,19H,4,6,8-12,14H2,1-2H3,(H2,22,23). The minimum absolute atomic E-state index is 0.366. The van der Waals surface area contributed by atoms with E-state index in [4.69, 9.17) is 22.3 Å². The molecule has 138 valence electrons. The predicted molar refractivity (Wildman–Crippen MR) is 106 cm³/mol. The predicted octanol–water partition coefficient (Wildman–Crippen LogP) is 3.77. The summed E-state index contributed by atoms with van der Waals surface area (Å²) < 4.78 is 0. The van der Waals surface area contributed by atoms with Gasteiger partial charge in [0, 0.05) is 30.7 Å². The average Bonchev–Trinajstić information content (AvgIpc) is 2.60. The van der Waals surface area contributed by atoms with Crippen molar-refractivity contribution in [1.82, 2.24) is 9.80 Å². The third-order valence-electron chi connectivity index (χ3n) is 5.79. The lowest BCUT2D eigenvalue weighted by atomic mass is 9.85. The van der Waals surface area contributed by atoms with Gasteiger partial charge in [-0.1, -0.05) is 30.7 Å². The highest BCUT2D eigenvalue weighted by atomic mass is 35.5. The Balaban J connectivity index is 1.69. The number of rotatable bonds is 3. The summed E-state index contributed by atoms with van der Waals surface area (Å²) in [4.78, 5) is 9.48. The Hall–Kier alpha value is -1.26. The number of benzene rings is 1. The highest BCUT2D eigenvalue weighted by Gasteiger charge is 2.30. The molecule has 0 saturated carbocycles. The maximum Gasteiger partial charge on any atom is 0.191 e. The molecule has 2 saturated heterocycles. The fraction of sp³-hybridized carbons (Fsp3) is 0.650. The van der Waals surface area contributed by atoms with Crippen molar-refractivity contribution in [2.24, 2.45) is 22.6 Å². The van der Waals surface area contributed by atoms with Crippen LogP contribution in [0, 0.1) is 11.8 Å². The molecule has 2 atom stereocenters. The number of halogens is 1. The van der Waals surface area contributed by atoms with Crippen molar-refractivity contribution in [3.05, 3.63) is 34.9 Å². The van der Waals surface area contributed by atoms with Gasteiger partial charge in [0.05, 0.1) is 0 Å². The molecule has 4 nitrogen and oxygen atoms in total. The van der Waals surface area contributed by atoms with Crippen LogP contribution in [-0.2, 0) is 0 Å². The van der Waals surface area contributed by atoms with E-state index in [0.29, 0.717) is 12.0 Å². The van der Waals surface area contributed by atoms with Crippen LogP contribution in [0.1, 0.15) is 44.2 Å². The monoisotopic (exact) mass is 362 g/mol. The highest BCUT2D eigenvalue weighted by Crippen LogP contribution is 2.36. The second-order valence-electron chi connectivity index (χ2n) is 7.75. The van der Waals surface area contributed by atoms with Gasteiger partial charge in [0.25, 0.3) is 0 Å². The lowest BCUT2D eigenvalue weighted by molar-refractivity contribution is 0.125. The van der Waals surface area contributed by atoms with E-state index in [-0.39, 0.29) is 0 Å².